The molecule has 0 unspecified atom stereocenters. The number of halogens is 1. The molecule has 0 N–H and O–H groups in total. The van der Waals surface area contributed by atoms with Crippen LogP contribution in [0.2, 0.25) is 5.02 Å². The van der Waals surface area contributed by atoms with Gasteiger partial charge in [0.1, 0.15) is 5.75 Å². The highest BCUT2D eigenvalue weighted by Crippen LogP contribution is 2.26. The van der Waals surface area contributed by atoms with Gasteiger partial charge in [0.15, 0.2) is 5.70 Å². The van der Waals surface area contributed by atoms with Crippen LogP contribution in [0.3, 0.4) is 0 Å². The van der Waals surface area contributed by atoms with E-state index in [1.807, 2.05) is 36.4 Å². The Balaban J connectivity index is 1.72. The van der Waals surface area contributed by atoms with Crippen molar-refractivity contribution in [2.45, 2.75) is 39.0 Å². The van der Waals surface area contributed by atoms with Crippen LogP contribution in [-0.4, -0.2) is 18.5 Å². The maximum Gasteiger partial charge on any atom is 0.363 e. The molecule has 0 spiro atoms. The van der Waals surface area contributed by atoms with Crippen LogP contribution in [0.1, 0.15) is 50.2 Å². The molecule has 0 fully saturated rings. The van der Waals surface area contributed by atoms with Crippen molar-refractivity contribution >= 4 is 29.5 Å². The molecule has 1 aliphatic heterocycles. The first-order valence-corrected chi connectivity index (χ1v) is 10.1. The molecule has 28 heavy (non-hydrogen) atoms. The van der Waals surface area contributed by atoms with Crippen molar-refractivity contribution in [3.63, 3.8) is 0 Å². The van der Waals surface area contributed by atoms with Gasteiger partial charge in [0.2, 0.25) is 5.90 Å². The Bertz CT molecular complexity index is 889. The molecule has 0 saturated carbocycles. The van der Waals surface area contributed by atoms with Gasteiger partial charge in [-0.1, -0.05) is 74.5 Å². The number of carbonyl (C=O) groups is 1. The third-order valence-electron chi connectivity index (χ3n) is 4.44. The molecule has 0 amide bonds. The predicted molar refractivity (Wildman–Crippen MR) is 113 cm³/mol. The fourth-order valence-corrected chi connectivity index (χ4v) is 3.14. The molecule has 5 heteroatoms. The summed E-state index contributed by atoms with van der Waals surface area (Å²) in [5, 5.41) is 0.488. The maximum absolute atomic E-state index is 12.3. The van der Waals surface area contributed by atoms with Gasteiger partial charge in [0, 0.05) is 5.56 Å². The summed E-state index contributed by atoms with van der Waals surface area (Å²) < 4.78 is 11.2. The molecule has 0 saturated heterocycles. The van der Waals surface area contributed by atoms with E-state index in [9.17, 15) is 4.79 Å². The second-order valence-corrected chi connectivity index (χ2v) is 7.02. The van der Waals surface area contributed by atoms with Crippen molar-refractivity contribution in [3.8, 4) is 5.75 Å². The topological polar surface area (TPSA) is 47.9 Å². The van der Waals surface area contributed by atoms with E-state index in [0.717, 1.165) is 24.2 Å². The van der Waals surface area contributed by atoms with Crippen LogP contribution in [0.15, 0.2) is 59.2 Å². The summed E-state index contributed by atoms with van der Waals surface area (Å²) in [6, 6.07) is 14.8. The van der Waals surface area contributed by atoms with E-state index in [1.165, 1.54) is 19.3 Å². The summed E-state index contributed by atoms with van der Waals surface area (Å²) >= 11 is 6.18. The number of esters is 1. The molecule has 0 aromatic heterocycles. The first-order valence-electron chi connectivity index (χ1n) is 9.68. The first-order chi connectivity index (χ1) is 13.7. The number of hydrogen-bond acceptors (Lipinski definition) is 4. The minimum atomic E-state index is -0.496. The van der Waals surface area contributed by atoms with Crippen molar-refractivity contribution in [2.24, 2.45) is 4.99 Å². The lowest BCUT2D eigenvalue weighted by Gasteiger charge is -2.09. The smallest absolute Gasteiger partial charge is 0.363 e. The van der Waals surface area contributed by atoms with Crippen LogP contribution in [0, 0.1) is 0 Å². The Hall–Kier alpha value is -2.59. The molecule has 4 nitrogen and oxygen atoms in total. The van der Waals surface area contributed by atoms with Crippen LogP contribution in [0.25, 0.3) is 6.08 Å². The van der Waals surface area contributed by atoms with Crippen LogP contribution >= 0.6 is 11.6 Å². The van der Waals surface area contributed by atoms with Gasteiger partial charge < -0.3 is 9.47 Å². The molecular formula is C23H24ClNO3. The van der Waals surface area contributed by atoms with Crippen molar-refractivity contribution < 1.29 is 14.3 Å². The van der Waals surface area contributed by atoms with Gasteiger partial charge in [0.05, 0.1) is 17.2 Å². The van der Waals surface area contributed by atoms with Gasteiger partial charge in [-0.15, -0.1) is 0 Å². The summed E-state index contributed by atoms with van der Waals surface area (Å²) in [5.41, 5.74) is 1.62. The fourth-order valence-electron chi connectivity index (χ4n) is 2.93. The minimum Gasteiger partial charge on any atom is -0.493 e. The average Bonchev–Trinajstić information content (AvgIpc) is 3.06. The van der Waals surface area contributed by atoms with E-state index < -0.39 is 5.97 Å². The molecule has 1 heterocycles. The van der Waals surface area contributed by atoms with Gasteiger partial charge in [-0.2, -0.15) is 0 Å². The monoisotopic (exact) mass is 397 g/mol. The Kier molecular flexibility index (Phi) is 7.26. The highest BCUT2D eigenvalue weighted by Gasteiger charge is 2.25. The molecular weight excluding hydrogens is 374 g/mol. The summed E-state index contributed by atoms with van der Waals surface area (Å²) in [6.45, 7) is 2.86. The Morgan fingerprint density at radius 1 is 1.04 bits per heavy atom. The lowest BCUT2D eigenvalue weighted by atomic mass is 10.1. The van der Waals surface area contributed by atoms with Gasteiger partial charge in [-0.05, 0) is 30.7 Å². The lowest BCUT2D eigenvalue weighted by Crippen LogP contribution is -2.05. The number of rotatable bonds is 9. The van der Waals surface area contributed by atoms with Crippen LogP contribution in [0.5, 0.6) is 5.75 Å². The highest BCUT2D eigenvalue weighted by atomic mass is 35.5. The largest absolute Gasteiger partial charge is 0.493 e. The van der Waals surface area contributed by atoms with Crippen LogP contribution < -0.4 is 4.74 Å². The van der Waals surface area contributed by atoms with E-state index in [4.69, 9.17) is 21.1 Å². The number of carbonyl (C=O) groups excluding carboxylic acids is 1. The zero-order valence-corrected chi connectivity index (χ0v) is 16.7. The number of ether oxygens (including phenoxy) is 2. The second kappa shape index (κ2) is 10.1. The third kappa shape index (κ3) is 5.23. The maximum atomic E-state index is 12.3. The summed E-state index contributed by atoms with van der Waals surface area (Å²) in [4.78, 5) is 16.6. The third-order valence-corrected chi connectivity index (χ3v) is 4.77. The van der Waals surface area contributed by atoms with Gasteiger partial charge >= 0.3 is 5.97 Å². The van der Waals surface area contributed by atoms with E-state index in [1.54, 1.807) is 18.2 Å². The average molecular weight is 398 g/mol. The lowest BCUT2D eigenvalue weighted by molar-refractivity contribution is -0.129. The standard InChI is InChI=1S/C23H24ClNO3/c1-2-3-4-5-10-15-27-21-14-9-6-11-17(21)16-20-23(26)28-22(25-20)18-12-7-8-13-19(18)24/h6-9,11-14,16H,2-5,10,15H2,1H3/b20-16-. The van der Waals surface area contributed by atoms with Crippen LogP contribution in [0.4, 0.5) is 0 Å². The van der Waals surface area contributed by atoms with Crippen molar-refractivity contribution in [2.75, 3.05) is 6.61 Å². The molecule has 0 radical (unpaired) electrons. The molecule has 0 aliphatic carbocycles. The summed E-state index contributed by atoms with van der Waals surface area (Å²) in [5.74, 6) is 0.458. The molecule has 1 aliphatic rings. The van der Waals surface area contributed by atoms with Crippen LogP contribution in [-0.2, 0) is 9.53 Å². The quantitative estimate of drug-likeness (QED) is 0.294. The fraction of sp³-hybridized carbons (Fsp3) is 0.304. The Morgan fingerprint density at radius 2 is 1.79 bits per heavy atom. The first kappa shape index (κ1) is 20.2. The highest BCUT2D eigenvalue weighted by molar-refractivity contribution is 6.34. The van der Waals surface area contributed by atoms with E-state index in [2.05, 4.69) is 11.9 Å². The molecule has 0 bridgehead atoms. The molecule has 2 aromatic carbocycles. The van der Waals surface area contributed by atoms with Gasteiger partial charge in [0.25, 0.3) is 0 Å². The summed E-state index contributed by atoms with van der Waals surface area (Å²) in [6.07, 6.45) is 7.59. The van der Waals surface area contributed by atoms with Crippen molar-refractivity contribution in [3.05, 3.63) is 70.4 Å². The number of aliphatic imine (C=N–C) groups is 1. The SMILES string of the molecule is CCCCCCCOc1ccccc1/C=C1\N=C(c2ccccc2Cl)OC1=O. The van der Waals surface area contributed by atoms with Crippen molar-refractivity contribution in [1.29, 1.82) is 0 Å². The molecule has 146 valence electrons. The number of para-hydroxylation sites is 1. The van der Waals surface area contributed by atoms with Crippen molar-refractivity contribution in [1.82, 2.24) is 0 Å². The second-order valence-electron chi connectivity index (χ2n) is 6.62. The van der Waals surface area contributed by atoms with E-state index in [-0.39, 0.29) is 11.6 Å². The zero-order chi connectivity index (χ0) is 19.8. The molecule has 2 aromatic rings. The molecule has 3 rings (SSSR count). The number of unbranched alkanes of at least 4 members (excludes halogenated alkanes) is 4. The van der Waals surface area contributed by atoms with E-state index >= 15 is 0 Å². The predicted octanol–water partition coefficient (Wildman–Crippen LogP) is 6.03. The minimum absolute atomic E-state index is 0.219. The Morgan fingerprint density at radius 3 is 2.61 bits per heavy atom. The number of nitrogens with zero attached hydrogens (tertiary/aromatic N) is 1. The number of hydrogen-bond donors (Lipinski definition) is 0. The zero-order valence-electron chi connectivity index (χ0n) is 16.0. The van der Waals surface area contributed by atoms with Gasteiger partial charge in [-0.25, -0.2) is 9.79 Å². The molecule has 0 atom stereocenters. The summed E-state index contributed by atoms with van der Waals surface area (Å²) in [7, 11) is 0. The van der Waals surface area contributed by atoms with Gasteiger partial charge in [-0.3, -0.25) is 0 Å². The Labute approximate surface area is 170 Å². The number of benzene rings is 2. The number of cyclic esters (lactones) is 1. The van der Waals surface area contributed by atoms with E-state index in [0.29, 0.717) is 17.2 Å². The normalized spacial score (nSPS) is 14.9.